The van der Waals surface area contributed by atoms with E-state index in [-0.39, 0.29) is 12.2 Å². The van der Waals surface area contributed by atoms with Crippen LogP contribution in [0.5, 0.6) is 5.75 Å². The van der Waals surface area contributed by atoms with Gasteiger partial charge in [-0.25, -0.2) is 4.98 Å². The first-order valence-corrected chi connectivity index (χ1v) is 8.06. The van der Waals surface area contributed by atoms with E-state index in [2.05, 4.69) is 9.97 Å². The maximum atomic E-state index is 13.0. The Morgan fingerprint density at radius 3 is 2.37 bits per heavy atom. The maximum absolute atomic E-state index is 13.0. The monoisotopic (exact) mass is 375 g/mol. The number of para-hydroxylation sites is 2. The molecule has 0 atom stereocenters. The van der Waals surface area contributed by atoms with Gasteiger partial charge >= 0.3 is 6.18 Å². The molecule has 5 nitrogen and oxygen atoms in total. The lowest BCUT2D eigenvalue weighted by Crippen LogP contribution is -2.39. The second-order valence-electron chi connectivity index (χ2n) is 5.87. The Kier molecular flexibility index (Phi) is 5.25. The van der Waals surface area contributed by atoms with Crippen LogP contribution < -0.4 is 4.74 Å². The number of benzene rings is 2. The SMILES string of the molecule is COc1ccc(CN(CC(F)(F)F)C(=O)c2cnc3ccccc3n2)cc1. The minimum Gasteiger partial charge on any atom is -0.497 e. The molecule has 2 aromatic carbocycles. The topological polar surface area (TPSA) is 55.3 Å². The third-order valence-corrected chi connectivity index (χ3v) is 3.86. The Labute approximate surface area is 153 Å². The van der Waals surface area contributed by atoms with Gasteiger partial charge in [0.15, 0.2) is 0 Å². The molecule has 0 radical (unpaired) electrons. The standard InChI is InChI=1S/C19H16F3N3O2/c1-27-14-8-6-13(7-9-14)11-25(12-19(20,21)22)18(26)17-10-23-15-4-2-3-5-16(15)24-17/h2-10H,11-12H2,1H3. The number of nitrogens with zero attached hydrogens (tertiary/aromatic N) is 3. The Hall–Kier alpha value is -3.16. The second-order valence-corrected chi connectivity index (χ2v) is 5.87. The fourth-order valence-corrected chi connectivity index (χ4v) is 2.59. The minimum atomic E-state index is -4.54. The Balaban J connectivity index is 1.89. The van der Waals surface area contributed by atoms with Crippen molar-refractivity contribution in [2.24, 2.45) is 0 Å². The van der Waals surface area contributed by atoms with Gasteiger partial charge in [-0.15, -0.1) is 0 Å². The van der Waals surface area contributed by atoms with Crippen molar-refractivity contribution in [1.29, 1.82) is 0 Å². The zero-order valence-corrected chi connectivity index (χ0v) is 14.4. The van der Waals surface area contributed by atoms with E-state index in [0.29, 0.717) is 27.2 Å². The van der Waals surface area contributed by atoms with Crippen LogP contribution in [0.1, 0.15) is 16.1 Å². The van der Waals surface area contributed by atoms with Crippen molar-refractivity contribution in [2.45, 2.75) is 12.7 Å². The molecule has 27 heavy (non-hydrogen) atoms. The number of carbonyl (C=O) groups is 1. The van der Waals surface area contributed by atoms with Crippen LogP contribution in [0, 0.1) is 0 Å². The highest BCUT2D eigenvalue weighted by Gasteiger charge is 2.34. The first kappa shape index (κ1) is 18.6. The van der Waals surface area contributed by atoms with Crippen molar-refractivity contribution in [1.82, 2.24) is 14.9 Å². The summed E-state index contributed by atoms with van der Waals surface area (Å²) < 4.78 is 44.1. The third kappa shape index (κ3) is 4.72. The number of hydrogen-bond donors (Lipinski definition) is 0. The lowest BCUT2D eigenvalue weighted by molar-refractivity contribution is -0.141. The molecule has 3 rings (SSSR count). The maximum Gasteiger partial charge on any atom is 0.406 e. The van der Waals surface area contributed by atoms with Crippen molar-refractivity contribution in [3.63, 3.8) is 0 Å². The minimum absolute atomic E-state index is 0.133. The Morgan fingerprint density at radius 2 is 1.74 bits per heavy atom. The first-order valence-electron chi connectivity index (χ1n) is 8.06. The van der Waals surface area contributed by atoms with E-state index >= 15 is 0 Å². The molecule has 0 saturated heterocycles. The Morgan fingerprint density at radius 1 is 1.07 bits per heavy atom. The largest absolute Gasteiger partial charge is 0.497 e. The number of rotatable bonds is 5. The van der Waals surface area contributed by atoms with Gasteiger partial charge in [-0.3, -0.25) is 9.78 Å². The number of alkyl halides is 3. The molecule has 1 heterocycles. The summed E-state index contributed by atoms with van der Waals surface area (Å²) in [7, 11) is 1.49. The summed E-state index contributed by atoms with van der Waals surface area (Å²) in [4.78, 5) is 21.7. The molecule has 0 aliphatic carbocycles. The van der Waals surface area contributed by atoms with Crippen LogP contribution in [0.2, 0.25) is 0 Å². The average molecular weight is 375 g/mol. The molecule has 8 heteroatoms. The highest BCUT2D eigenvalue weighted by Crippen LogP contribution is 2.21. The van der Waals surface area contributed by atoms with E-state index in [0.717, 1.165) is 0 Å². The van der Waals surface area contributed by atoms with Crippen molar-refractivity contribution in [3.05, 3.63) is 66.0 Å². The first-order chi connectivity index (χ1) is 12.9. The Bertz CT molecular complexity index is 943. The molecule has 0 unspecified atom stereocenters. The van der Waals surface area contributed by atoms with E-state index in [9.17, 15) is 18.0 Å². The van der Waals surface area contributed by atoms with Gasteiger partial charge in [-0.2, -0.15) is 13.2 Å². The van der Waals surface area contributed by atoms with Crippen molar-refractivity contribution >= 4 is 16.9 Å². The summed E-state index contributed by atoms with van der Waals surface area (Å²) in [6.45, 7) is -1.59. The van der Waals surface area contributed by atoms with Gasteiger partial charge in [0.2, 0.25) is 0 Å². The molecular formula is C19H16F3N3O2. The molecular weight excluding hydrogens is 359 g/mol. The molecule has 1 amide bonds. The summed E-state index contributed by atoms with van der Waals surface area (Å²) in [5.41, 5.74) is 1.42. The van der Waals surface area contributed by atoms with E-state index < -0.39 is 18.6 Å². The van der Waals surface area contributed by atoms with Crippen LogP contribution >= 0.6 is 0 Å². The van der Waals surface area contributed by atoms with E-state index in [1.807, 2.05) is 0 Å². The lowest BCUT2D eigenvalue weighted by Gasteiger charge is -2.24. The van der Waals surface area contributed by atoms with E-state index in [1.165, 1.54) is 13.3 Å². The van der Waals surface area contributed by atoms with Crippen molar-refractivity contribution in [3.8, 4) is 5.75 Å². The van der Waals surface area contributed by atoms with Crippen LogP contribution in [0.15, 0.2) is 54.7 Å². The number of aromatic nitrogens is 2. The van der Waals surface area contributed by atoms with Gasteiger partial charge in [-0.05, 0) is 29.8 Å². The van der Waals surface area contributed by atoms with Crippen molar-refractivity contribution < 1.29 is 22.7 Å². The van der Waals surface area contributed by atoms with Crippen LogP contribution in [-0.2, 0) is 6.54 Å². The van der Waals surface area contributed by atoms with Gasteiger partial charge in [-0.1, -0.05) is 24.3 Å². The van der Waals surface area contributed by atoms with E-state index in [4.69, 9.17) is 4.74 Å². The summed E-state index contributed by atoms with van der Waals surface area (Å²) in [5, 5.41) is 0. The number of ether oxygens (including phenoxy) is 1. The average Bonchev–Trinajstić information content (AvgIpc) is 2.66. The number of hydrogen-bond acceptors (Lipinski definition) is 4. The van der Waals surface area contributed by atoms with Gasteiger partial charge in [0.1, 0.15) is 18.0 Å². The molecule has 0 aliphatic rings. The van der Waals surface area contributed by atoms with Crippen LogP contribution in [0.4, 0.5) is 13.2 Å². The molecule has 140 valence electrons. The summed E-state index contributed by atoms with van der Waals surface area (Å²) in [6, 6.07) is 13.3. The number of carbonyl (C=O) groups excluding carboxylic acids is 1. The molecule has 0 bridgehead atoms. The van der Waals surface area contributed by atoms with Gasteiger partial charge in [0.05, 0.1) is 24.3 Å². The fourth-order valence-electron chi connectivity index (χ4n) is 2.59. The van der Waals surface area contributed by atoms with E-state index in [1.54, 1.807) is 48.5 Å². The zero-order chi connectivity index (χ0) is 19.4. The number of amides is 1. The van der Waals surface area contributed by atoms with Crippen LogP contribution in [-0.4, -0.2) is 40.6 Å². The number of fused-ring (bicyclic) bond motifs is 1. The number of halogens is 3. The molecule has 3 aromatic rings. The smallest absolute Gasteiger partial charge is 0.406 e. The fraction of sp³-hybridized carbons (Fsp3) is 0.211. The zero-order valence-electron chi connectivity index (χ0n) is 14.4. The predicted octanol–water partition coefficient (Wildman–Crippen LogP) is 3.84. The predicted molar refractivity (Wildman–Crippen MR) is 93.3 cm³/mol. The quantitative estimate of drug-likeness (QED) is 0.680. The molecule has 0 N–H and O–H groups in total. The number of methoxy groups -OCH3 is 1. The highest BCUT2D eigenvalue weighted by atomic mass is 19.4. The lowest BCUT2D eigenvalue weighted by atomic mass is 10.2. The van der Waals surface area contributed by atoms with Crippen LogP contribution in [0.25, 0.3) is 11.0 Å². The van der Waals surface area contributed by atoms with Gasteiger partial charge < -0.3 is 9.64 Å². The molecule has 0 fully saturated rings. The van der Waals surface area contributed by atoms with Gasteiger partial charge in [0.25, 0.3) is 5.91 Å². The van der Waals surface area contributed by atoms with Gasteiger partial charge in [0, 0.05) is 6.54 Å². The van der Waals surface area contributed by atoms with Crippen LogP contribution in [0.3, 0.4) is 0 Å². The summed E-state index contributed by atoms with van der Waals surface area (Å²) in [6.07, 6.45) is -3.34. The summed E-state index contributed by atoms with van der Waals surface area (Å²) >= 11 is 0. The molecule has 0 saturated carbocycles. The highest BCUT2D eigenvalue weighted by molar-refractivity contribution is 5.93. The normalized spacial score (nSPS) is 11.4. The molecule has 1 aromatic heterocycles. The molecule has 0 aliphatic heterocycles. The second kappa shape index (κ2) is 7.61. The molecule has 0 spiro atoms. The third-order valence-electron chi connectivity index (χ3n) is 3.86. The van der Waals surface area contributed by atoms with Crippen molar-refractivity contribution in [2.75, 3.05) is 13.7 Å². The summed E-state index contributed by atoms with van der Waals surface area (Å²) in [5.74, 6) is -0.255.